The van der Waals surface area contributed by atoms with Gasteiger partial charge in [-0.05, 0) is 50.6 Å². The van der Waals surface area contributed by atoms with Crippen LogP contribution in [0.1, 0.15) is 30.3 Å². The summed E-state index contributed by atoms with van der Waals surface area (Å²) in [5.41, 5.74) is 2.11. The topological polar surface area (TPSA) is 62.4 Å². The number of rotatable bonds is 9. The van der Waals surface area contributed by atoms with Crippen molar-refractivity contribution in [2.24, 2.45) is 0 Å². The van der Waals surface area contributed by atoms with E-state index < -0.39 is 0 Å². The molecule has 2 heterocycles. The Hall–Kier alpha value is -2.50. The molecule has 0 fully saturated rings. The van der Waals surface area contributed by atoms with Gasteiger partial charge in [0.15, 0.2) is 5.76 Å². The molecule has 3 aromatic rings. The van der Waals surface area contributed by atoms with Crippen LogP contribution in [0, 0.1) is 0 Å². The molecule has 0 radical (unpaired) electrons. The number of aliphatic hydroxyl groups excluding tert-OH is 1. The Kier molecular flexibility index (Phi) is 6.52. The standard InChI is InChI=1S/C21H25N3O2/c1-24(14-8-6-11-17-9-3-2-4-10-17)19(16-25)21-23-15-20(26-21)18-12-5-7-13-22-18/h2-5,7,9-10,12-13,15,19,25H,6,8,11,14,16H2,1H3. The number of aliphatic hydroxyl groups is 1. The summed E-state index contributed by atoms with van der Waals surface area (Å²) in [5, 5.41) is 9.81. The largest absolute Gasteiger partial charge is 0.437 e. The predicted octanol–water partition coefficient (Wildman–Crippen LogP) is 3.72. The van der Waals surface area contributed by atoms with Crippen LogP contribution in [0.3, 0.4) is 0 Å². The van der Waals surface area contributed by atoms with Crippen molar-refractivity contribution >= 4 is 0 Å². The maximum absolute atomic E-state index is 9.81. The van der Waals surface area contributed by atoms with Gasteiger partial charge in [0.25, 0.3) is 0 Å². The molecule has 5 heteroatoms. The first-order valence-corrected chi connectivity index (χ1v) is 9.00. The Labute approximate surface area is 154 Å². The molecule has 3 rings (SSSR count). The second kappa shape index (κ2) is 9.27. The number of unbranched alkanes of at least 4 members (excludes halogenated alkanes) is 1. The van der Waals surface area contributed by atoms with Crippen LogP contribution in [0.2, 0.25) is 0 Å². The quantitative estimate of drug-likeness (QED) is 0.595. The van der Waals surface area contributed by atoms with Gasteiger partial charge < -0.3 is 9.52 Å². The molecule has 0 amide bonds. The van der Waals surface area contributed by atoms with Crippen LogP contribution in [0.4, 0.5) is 0 Å². The number of hydrogen-bond donors (Lipinski definition) is 1. The van der Waals surface area contributed by atoms with Crippen molar-refractivity contribution in [3.8, 4) is 11.5 Å². The van der Waals surface area contributed by atoms with E-state index in [1.165, 1.54) is 5.56 Å². The number of pyridine rings is 1. The molecule has 0 saturated carbocycles. The van der Waals surface area contributed by atoms with E-state index in [-0.39, 0.29) is 12.6 Å². The van der Waals surface area contributed by atoms with E-state index in [9.17, 15) is 5.11 Å². The highest BCUT2D eigenvalue weighted by Gasteiger charge is 2.21. The first-order chi connectivity index (χ1) is 12.8. The lowest BCUT2D eigenvalue weighted by atomic mass is 10.1. The van der Waals surface area contributed by atoms with Crippen molar-refractivity contribution in [2.75, 3.05) is 20.2 Å². The highest BCUT2D eigenvalue weighted by molar-refractivity contribution is 5.49. The Bertz CT molecular complexity index is 774. The lowest BCUT2D eigenvalue weighted by molar-refractivity contribution is 0.125. The fourth-order valence-corrected chi connectivity index (χ4v) is 2.97. The van der Waals surface area contributed by atoms with Crippen LogP contribution in [-0.2, 0) is 6.42 Å². The molecule has 2 aromatic heterocycles. The third-order valence-electron chi connectivity index (χ3n) is 4.50. The Morgan fingerprint density at radius 3 is 2.58 bits per heavy atom. The summed E-state index contributed by atoms with van der Waals surface area (Å²) in [6.07, 6.45) is 6.62. The smallest absolute Gasteiger partial charge is 0.214 e. The van der Waals surface area contributed by atoms with Crippen molar-refractivity contribution < 1.29 is 9.52 Å². The van der Waals surface area contributed by atoms with E-state index in [0.29, 0.717) is 11.7 Å². The summed E-state index contributed by atoms with van der Waals surface area (Å²) < 4.78 is 5.84. The molecule has 0 bridgehead atoms. The van der Waals surface area contributed by atoms with Crippen LogP contribution in [0.25, 0.3) is 11.5 Å². The average molecular weight is 351 g/mol. The highest BCUT2D eigenvalue weighted by Crippen LogP contribution is 2.24. The van der Waals surface area contributed by atoms with E-state index >= 15 is 0 Å². The van der Waals surface area contributed by atoms with Gasteiger partial charge >= 0.3 is 0 Å². The number of aromatic nitrogens is 2. The van der Waals surface area contributed by atoms with Gasteiger partial charge in [-0.1, -0.05) is 36.4 Å². The van der Waals surface area contributed by atoms with Gasteiger partial charge in [0.2, 0.25) is 5.89 Å². The summed E-state index contributed by atoms with van der Waals surface area (Å²) in [5.74, 6) is 1.15. The second-order valence-corrected chi connectivity index (χ2v) is 6.40. The number of likely N-dealkylation sites (N-methyl/N-ethyl adjacent to an activating group) is 1. The zero-order valence-corrected chi connectivity index (χ0v) is 15.1. The molecular weight excluding hydrogens is 326 g/mol. The molecule has 5 nitrogen and oxygen atoms in total. The Balaban J connectivity index is 1.54. The fourth-order valence-electron chi connectivity index (χ4n) is 2.97. The van der Waals surface area contributed by atoms with E-state index in [0.717, 1.165) is 31.5 Å². The fraction of sp³-hybridized carbons (Fsp3) is 0.333. The van der Waals surface area contributed by atoms with Crippen LogP contribution in [0.5, 0.6) is 0 Å². The van der Waals surface area contributed by atoms with Crippen molar-refractivity contribution in [3.63, 3.8) is 0 Å². The van der Waals surface area contributed by atoms with Gasteiger partial charge in [0.1, 0.15) is 11.7 Å². The number of benzene rings is 1. The summed E-state index contributed by atoms with van der Waals surface area (Å²) in [6.45, 7) is 0.844. The minimum atomic E-state index is -0.246. The van der Waals surface area contributed by atoms with E-state index in [1.54, 1.807) is 12.4 Å². The Morgan fingerprint density at radius 1 is 1.04 bits per heavy atom. The zero-order chi connectivity index (χ0) is 18.2. The number of hydrogen-bond acceptors (Lipinski definition) is 5. The molecule has 0 aliphatic heterocycles. The lowest BCUT2D eigenvalue weighted by Gasteiger charge is -2.23. The summed E-state index contributed by atoms with van der Waals surface area (Å²) >= 11 is 0. The van der Waals surface area contributed by atoms with E-state index in [4.69, 9.17) is 4.42 Å². The monoisotopic (exact) mass is 351 g/mol. The van der Waals surface area contributed by atoms with E-state index in [1.807, 2.05) is 31.3 Å². The lowest BCUT2D eigenvalue weighted by Crippen LogP contribution is -2.28. The second-order valence-electron chi connectivity index (χ2n) is 6.40. The molecule has 1 N–H and O–H groups in total. The summed E-state index contributed by atoms with van der Waals surface area (Å²) in [4.78, 5) is 10.7. The van der Waals surface area contributed by atoms with Crippen molar-refractivity contribution in [1.82, 2.24) is 14.9 Å². The molecular formula is C21H25N3O2. The van der Waals surface area contributed by atoms with Gasteiger partial charge in [-0.25, -0.2) is 4.98 Å². The molecule has 1 aromatic carbocycles. The molecule has 136 valence electrons. The van der Waals surface area contributed by atoms with Gasteiger partial charge in [0, 0.05) is 6.20 Å². The predicted molar refractivity (Wildman–Crippen MR) is 102 cm³/mol. The zero-order valence-electron chi connectivity index (χ0n) is 15.1. The minimum absolute atomic E-state index is 0.0304. The van der Waals surface area contributed by atoms with Crippen molar-refractivity contribution in [2.45, 2.75) is 25.3 Å². The number of nitrogens with zero attached hydrogens (tertiary/aromatic N) is 3. The Morgan fingerprint density at radius 2 is 1.85 bits per heavy atom. The first kappa shape index (κ1) is 18.3. The average Bonchev–Trinajstić information content (AvgIpc) is 3.17. The van der Waals surface area contributed by atoms with Gasteiger partial charge in [-0.2, -0.15) is 0 Å². The molecule has 0 aliphatic carbocycles. The van der Waals surface area contributed by atoms with Crippen LogP contribution < -0.4 is 0 Å². The molecule has 26 heavy (non-hydrogen) atoms. The van der Waals surface area contributed by atoms with Gasteiger partial charge in [0.05, 0.1) is 12.8 Å². The number of oxazole rings is 1. The van der Waals surface area contributed by atoms with Crippen LogP contribution >= 0.6 is 0 Å². The van der Waals surface area contributed by atoms with Crippen molar-refractivity contribution in [3.05, 3.63) is 72.4 Å². The van der Waals surface area contributed by atoms with Gasteiger partial charge in [-0.3, -0.25) is 9.88 Å². The molecule has 1 unspecified atom stereocenters. The maximum atomic E-state index is 9.81. The van der Waals surface area contributed by atoms with E-state index in [2.05, 4.69) is 39.1 Å². The van der Waals surface area contributed by atoms with Crippen molar-refractivity contribution in [1.29, 1.82) is 0 Å². The third-order valence-corrected chi connectivity index (χ3v) is 4.50. The van der Waals surface area contributed by atoms with Crippen LogP contribution in [0.15, 0.2) is 65.3 Å². The summed E-state index contributed by atoms with van der Waals surface area (Å²) in [7, 11) is 1.99. The normalized spacial score (nSPS) is 12.4. The van der Waals surface area contributed by atoms with Crippen LogP contribution in [-0.4, -0.2) is 40.2 Å². The number of aryl methyl sites for hydroxylation is 1. The maximum Gasteiger partial charge on any atom is 0.214 e. The summed E-state index contributed by atoms with van der Waals surface area (Å²) in [6, 6.07) is 15.9. The molecule has 0 spiro atoms. The molecule has 1 atom stereocenters. The molecule has 0 aliphatic rings. The van der Waals surface area contributed by atoms with Gasteiger partial charge in [-0.15, -0.1) is 0 Å². The SMILES string of the molecule is CN(CCCCc1ccccc1)C(CO)c1ncc(-c2ccccn2)o1. The first-order valence-electron chi connectivity index (χ1n) is 9.00. The minimum Gasteiger partial charge on any atom is -0.437 e. The molecule has 0 saturated heterocycles. The highest BCUT2D eigenvalue weighted by atomic mass is 16.4. The third kappa shape index (κ3) is 4.77.